The van der Waals surface area contributed by atoms with Crippen LogP contribution in [0.15, 0.2) is 48.5 Å². The van der Waals surface area contributed by atoms with E-state index >= 15 is 0 Å². The minimum absolute atomic E-state index is 0.140. The maximum absolute atomic E-state index is 12.4. The Morgan fingerprint density at radius 2 is 1.76 bits per heavy atom. The van der Waals surface area contributed by atoms with Crippen molar-refractivity contribution in [3.8, 4) is 5.75 Å². The van der Waals surface area contributed by atoms with Gasteiger partial charge in [-0.3, -0.25) is 9.59 Å². The standard InChI is InChI=1S/C20H19ClN4O3S/c1-2-11-22-18(26)13-3-7-15(8-4-13)23-19(27)20-25-24-17(29-20)12-28-16-9-5-14(21)6-10-16/h3-10H,2,11-12H2,1H3,(H,22,26)(H,23,27). The van der Waals surface area contributed by atoms with Crippen LogP contribution in [0.4, 0.5) is 5.69 Å². The van der Waals surface area contributed by atoms with E-state index in [2.05, 4.69) is 20.8 Å². The van der Waals surface area contributed by atoms with E-state index in [4.69, 9.17) is 16.3 Å². The fourth-order valence-electron chi connectivity index (χ4n) is 2.31. The van der Waals surface area contributed by atoms with E-state index in [1.54, 1.807) is 48.5 Å². The number of anilines is 1. The number of hydrogen-bond donors (Lipinski definition) is 2. The minimum Gasteiger partial charge on any atom is -0.486 e. The Labute approximate surface area is 177 Å². The van der Waals surface area contributed by atoms with Crippen molar-refractivity contribution in [1.82, 2.24) is 15.5 Å². The summed E-state index contributed by atoms with van der Waals surface area (Å²) in [5, 5.41) is 14.9. The van der Waals surface area contributed by atoms with E-state index in [1.165, 1.54) is 0 Å². The summed E-state index contributed by atoms with van der Waals surface area (Å²) in [6.07, 6.45) is 0.870. The molecule has 0 bridgehead atoms. The van der Waals surface area contributed by atoms with Gasteiger partial charge in [-0.15, -0.1) is 10.2 Å². The van der Waals surface area contributed by atoms with Crippen LogP contribution in [0.2, 0.25) is 5.02 Å². The first-order chi connectivity index (χ1) is 14.0. The molecule has 0 aliphatic rings. The van der Waals surface area contributed by atoms with E-state index in [9.17, 15) is 9.59 Å². The Kier molecular flexibility index (Phi) is 7.15. The van der Waals surface area contributed by atoms with E-state index in [-0.39, 0.29) is 23.4 Å². The molecule has 2 N–H and O–H groups in total. The molecule has 3 aromatic rings. The van der Waals surface area contributed by atoms with Gasteiger partial charge in [0.25, 0.3) is 11.8 Å². The lowest BCUT2D eigenvalue weighted by molar-refractivity contribution is 0.0953. The zero-order valence-corrected chi connectivity index (χ0v) is 17.2. The number of carbonyl (C=O) groups is 2. The second-order valence-electron chi connectivity index (χ2n) is 6.03. The lowest BCUT2D eigenvalue weighted by Gasteiger charge is -2.06. The molecule has 1 aromatic heterocycles. The molecule has 7 nitrogen and oxygen atoms in total. The van der Waals surface area contributed by atoms with Crippen molar-refractivity contribution >= 4 is 40.4 Å². The Morgan fingerprint density at radius 1 is 1.03 bits per heavy atom. The van der Waals surface area contributed by atoms with Crippen molar-refractivity contribution in [1.29, 1.82) is 0 Å². The molecule has 0 atom stereocenters. The first kappa shape index (κ1) is 20.8. The second kappa shape index (κ2) is 9.99. The molecule has 2 aromatic carbocycles. The van der Waals surface area contributed by atoms with Crippen LogP contribution >= 0.6 is 22.9 Å². The SMILES string of the molecule is CCCNC(=O)c1ccc(NC(=O)c2nnc(COc3ccc(Cl)cc3)s2)cc1. The van der Waals surface area contributed by atoms with Gasteiger partial charge in [-0.05, 0) is 55.0 Å². The van der Waals surface area contributed by atoms with Crippen LogP contribution < -0.4 is 15.4 Å². The number of ether oxygens (including phenoxy) is 1. The van der Waals surface area contributed by atoms with Crippen LogP contribution in [0.3, 0.4) is 0 Å². The number of aromatic nitrogens is 2. The highest BCUT2D eigenvalue weighted by molar-refractivity contribution is 7.13. The average Bonchev–Trinajstić information content (AvgIpc) is 3.21. The summed E-state index contributed by atoms with van der Waals surface area (Å²) in [6, 6.07) is 13.6. The van der Waals surface area contributed by atoms with Crippen molar-refractivity contribution in [2.45, 2.75) is 20.0 Å². The number of rotatable bonds is 8. The summed E-state index contributed by atoms with van der Waals surface area (Å²) in [5.41, 5.74) is 1.10. The maximum Gasteiger partial charge on any atom is 0.286 e. The van der Waals surface area contributed by atoms with Gasteiger partial charge in [0, 0.05) is 22.8 Å². The van der Waals surface area contributed by atoms with Crippen molar-refractivity contribution in [2.75, 3.05) is 11.9 Å². The molecule has 0 saturated carbocycles. The van der Waals surface area contributed by atoms with Gasteiger partial charge in [0.05, 0.1) is 0 Å². The van der Waals surface area contributed by atoms with E-state index in [1.807, 2.05) is 6.92 Å². The summed E-state index contributed by atoms with van der Waals surface area (Å²) in [7, 11) is 0. The topological polar surface area (TPSA) is 93.2 Å². The van der Waals surface area contributed by atoms with Crippen LogP contribution in [-0.2, 0) is 6.61 Å². The van der Waals surface area contributed by atoms with Gasteiger partial charge in [-0.2, -0.15) is 0 Å². The summed E-state index contributed by atoms with van der Waals surface area (Å²) < 4.78 is 5.60. The van der Waals surface area contributed by atoms with Gasteiger partial charge in [0.15, 0.2) is 5.01 Å². The molecule has 1 heterocycles. The van der Waals surface area contributed by atoms with Gasteiger partial charge >= 0.3 is 0 Å². The van der Waals surface area contributed by atoms with Crippen molar-refractivity contribution in [3.05, 3.63) is 69.1 Å². The first-order valence-corrected chi connectivity index (χ1v) is 10.1. The fraction of sp³-hybridized carbons (Fsp3) is 0.200. The van der Waals surface area contributed by atoms with Crippen molar-refractivity contribution in [2.24, 2.45) is 0 Å². The zero-order chi connectivity index (χ0) is 20.6. The first-order valence-electron chi connectivity index (χ1n) is 8.95. The molecule has 150 valence electrons. The third-order valence-corrected chi connectivity index (χ3v) is 4.93. The number of carbonyl (C=O) groups excluding carboxylic acids is 2. The van der Waals surface area contributed by atoms with E-state index in [0.29, 0.717) is 33.6 Å². The summed E-state index contributed by atoms with van der Waals surface area (Å²) >= 11 is 6.99. The van der Waals surface area contributed by atoms with Crippen LogP contribution in [0.5, 0.6) is 5.75 Å². The van der Waals surface area contributed by atoms with Gasteiger partial charge in [-0.25, -0.2) is 0 Å². The number of halogens is 1. The Balaban J connectivity index is 1.54. The molecule has 2 amide bonds. The Hall–Kier alpha value is -2.97. The molecule has 0 fully saturated rings. The molecular formula is C20H19ClN4O3S. The molecule has 0 radical (unpaired) electrons. The molecule has 0 saturated heterocycles. The van der Waals surface area contributed by atoms with Crippen LogP contribution in [0.1, 0.15) is 38.5 Å². The van der Waals surface area contributed by atoms with Crippen LogP contribution in [-0.4, -0.2) is 28.6 Å². The predicted molar refractivity (Wildman–Crippen MR) is 113 cm³/mol. The van der Waals surface area contributed by atoms with Crippen LogP contribution in [0, 0.1) is 0 Å². The Bertz CT molecular complexity index is 974. The van der Waals surface area contributed by atoms with Crippen molar-refractivity contribution in [3.63, 3.8) is 0 Å². The molecule has 0 spiro atoms. The largest absolute Gasteiger partial charge is 0.486 e. The number of nitrogens with one attached hydrogen (secondary N) is 2. The quantitative estimate of drug-likeness (QED) is 0.559. The monoisotopic (exact) mass is 430 g/mol. The smallest absolute Gasteiger partial charge is 0.286 e. The fourth-order valence-corrected chi connectivity index (χ4v) is 3.08. The number of nitrogens with zero attached hydrogens (tertiary/aromatic N) is 2. The maximum atomic E-state index is 12.4. The predicted octanol–water partition coefficient (Wildman–Crippen LogP) is 4.16. The highest BCUT2D eigenvalue weighted by Gasteiger charge is 2.14. The Morgan fingerprint density at radius 3 is 2.45 bits per heavy atom. The average molecular weight is 431 g/mol. The van der Waals surface area contributed by atoms with Crippen molar-refractivity contribution < 1.29 is 14.3 Å². The van der Waals surface area contributed by atoms with Crippen LogP contribution in [0.25, 0.3) is 0 Å². The third kappa shape index (κ3) is 6.00. The lowest BCUT2D eigenvalue weighted by atomic mass is 10.2. The van der Waals surface area contributed by atoms with E-state index < -0.39 is 0 Å². The third-order valence-electron chi connectivity index (χ3n) is 3.78. The lowest BCUT2D eigenvalue weighted by Crippen LogP contribution is -2.23. The highest BCUT2D eigenvalue weighted by Crippen LogP contribution is 2.19. The number of amides is 2. The molecule has 9 heteroatoms. The van der Waals surface area contributed by atoms with Gasteiger partial charge in [0.2, 0.25) is 5.01 Å². The molecule has 0 unspecified atom stereocenters. The zero-order valence-electron chi connectivity index (χ0n) is 15.6. The second-order valence-corrected chi connectivity index (χ2v) is 7.53. The summed E-state index contributed by atoms with van der Waals surface area (Å²) in [4.78, 5) is 24.3. The van der Waals surface area contributed by atoms with Gasteiger partial charge < -0.3 is 15.4 Å². The normalized spacial score (nSPS) is 10.4. The summed E-state index contributed by atoms with van der Waals surface area (Å²) in [6.45, 7) is 2.81. The molecule has 0 aliphatic heterocycles. The molecular weight excluding hydrogens is 412 g/mol. The van der Waals surface area contributed by atoms with E-state index in [0.717, 1.165) is 17.8 Å². The van der Waals surface area contributed by atoms with Gasteiger partial charge in [-0.1, -0.05) is 29.9 Å². The molecule has 29 heavy (non-hydrogen) atoms. The minimum atomic E-state index is -0.372. The molecule has 3 rings (SSSR count). The summed E-state index contributed by atoms with van der Waals surface area (Å²) in [5.74, 6) is 0.140. The van der Waals surface area contributed by atoms with Gasteiger partial charge in [0.1, 0.15) is 12.4 Å². The highest BCUT2D eigenvalue weighted by atomic mass is 35.5. The number of benzene rings is 2. The molecule has 0 aliphatic carbocycles. The number of hydrogen-bond acceptors (Lipinski definition) is 6.